The molecule has 0 aliphatic rings. The lowest BCUT2D eigenvalue weighted by Crippen LogP contribution is -2.45. The summed E-state index contributed by atoms with van der Waals surface area (Å²) in [5, 5.41) is 10.3. The minimum absolute atomic E-state index is 0.168. The number of nitrogens with zero attached hydrogens (tertiary/aromatic N) is 1. The van der Waals surface area contributed by atoms with Gasteiger partial charge in [0.15, 0.2) is 15.8 Å². The maximum Gasteiger partial charge on any atom is 0.191 e. The van der Waals surface area contributed by atoms with Gasteiger partial charge in [-0.05, 0) is 57.4 Å². The van der Waals surface area contributed by atoms with Crippen molar-refractivity contribution in [2.75, 3.05) is 25.9 Å². The maximum atomic E-state index is 11.6. The Labute approximate surface area is 187 Å². The van der Waals surface area contributed by atoms with Crippen molar-refractivity contribution < 1.29 is 8.42 Å². The number of hydrogen-bond acceptors (Lipinski definition) is 4. The molecule has 0 aromatic heterocycles. The van der Waals surface area contributed by atoms with Crippen LogP contribution < -0.4 is 16.0 Å². The number of sulfone groups is 1. The fourth-order valence-electron chi connectivity index (χ4n) is 3.30. The largest absolute Gasteiger partial charge is 0.357 e. The lowest BCUT2D eigenvalue weighted by molar-refractivity contribution is 0.356. The average Bonchev–Trinajstić information content (AvgIpc) is 2.72. The van der Waals surface area contributed by atoms with Crippen molar-refractivity contribution in [2.24, 2.45) is 4.99 Å². The summed E-state index contributed by atoms with van der Waals surface area (Å²) in [4.78, 5) is 5.11. The van der Waals surface area contributed by atoms with E-state index in [1.54, 1.807) is 12.1 Å². The second-order valence-corrected chi connectivity index (χ2v) is 10.5. The Morgan fingerprint density at radius 1 is 1.03 bits per heavy atom. The predicted molar refractivity (Wildman–Crippen MR) is 129 cm³/mol. The molecule has 0 radical (unpaired) electrons. The van der Waals surface area contributed by atoms with Gasteiger partial charge in [0, 0.05) is 30.9 Å². The highest BCUT2D eigenvalue weighted by atomic mass is 32.2. The molecule has 1 atom stereocenters. The van der Waals surface area contributed by atoms with E-state index in [9.17, 15) is 8.42 Å². The third-order valence-electron chi connectivity index (χ3n) is 4.94. The molecule has 3 N–H and O–H groups in total. The van der Waals surface area contributed by atoms with Crippen LogP contribution in [0.1, 0.15) is 44.9 Å². The summed E-state index contributed by atoms with van der Waals surface area (Å²) in [5.74, 6) is 0.775. The first-order valence-electron chi connectivity index (χ1n) is 10.7. The molecule has 7 heteroatoms. The number of benzene rings is 2. The molecule has 1 unspecified atom stereocenters. The normalized spacial score (nSPS) is 13.6. The summed E-state index contributed by atoms with van der Waals surface area (Å²) in [6, 6.07) is 17.7. The van der Waals surface area contributed by atoms with Gasteiger partial charge in [0.1, 0.15) is 0 Å². The van der Waals surface area contributed by atoms with Gasteiger partial charge in [-0.1, -0.05) is 42.5 Å². The fraction of sp³-hybridized carbons (Fsp3) is 0.458. The zero-order chi connectivity index (χ0) is 22.9. The van der Waals surface area contributed by atoms with E-state index >= 15 is 0 Å². The van der Waals surface area contributed by atoms with Crippen LogP contribution in [-0.2, 0) is 16.3 Å². The molecule has 0 saturated heterocycles. The molecule has 0 aliphatic heterocycles. The van der Waals surface area contributed by atoms with Crippen molar-refractivity contribution in [3.8, 4) is 0 Å². The Morgan fingerprint density at radius 2 is 1.68 bits per heavy atom. The number of hydrogen-bond donors (Lipinski definition) is 3. The SMILES string of the molecule is CCNC(=NCC(C)(C)NC(C)c1ccccc1)NCCc1ccc(S(C)(=O)=O)cc1. The molecule has 0 heterocycles. The van der Waals surface area contributed by atoms with Gasteiger partial charge in [0.2, 0.25) is 0 Å². The van der Waals surface area contributed by atoms with Crippen molar-refractivity contribution in [3.05, 3.63) is 65.7 Å². The molecule has 0 amide bonds. The highest BCUT2D eigenvalue weighted by Crippen LogP contribution is 2.16. The van der Waals surface area contributed by atoms with Gasteiger partial charge in [-0.25, -0.2) is 8.42 Å². The highest BCUT2D eigenvalue weighted by molar-refractivity contribution is 7.90. The molecule has 0 fully saturated rings. The predicted octanol–water partition coefficient (Wildman–Crippen LogP) is 3.32. The van der Waals surface area contributed by atoms with Crippen LogP contribution in [-0.4, -0.2) is 45.8 Å². The van der Waals surface area contributed by atoms with Crippen LogP contribution in [0.5, 0.6) is 0 Å². The number of aliphatic imine (C=N–C) groups is 1. The second-order valence-electron chi connectivity index (χ2n) is 8.45. The van der Waals surface area contributed by atoms with Crippen LogP contribution in [0.2, 0.25) is 0 Å². The molecule has 31 heavy (non-hydrogen) atoms. The first-order chi connectivity index (χ1) is 14.6. The molecular formula is C24H36N4O2S. The molecule has 2 rings (SSSR count). The van der Waals surface area contributed by atoms with Crippen molar-refractivity contribution >= 4 is 15.8 Å². The molecule has 2 aromatic carbocycles. The fourth-order valence-corrected chi connectivity index (χ4v) is 3.93. The summed E-state index contributed by atoms with van der Waals surface area (Å²) < 4.78 is 23.2. The van der Waals surface area contributed by atoms with Gasteiger partial charge >= 0.3 is 0 Å². The lowest BCUT2D eigenvalue weighted by Gasteiger charge is -2.29. The first-order valence-corrected chi connectivity index (χ1v) is 12.6. The van der Waals surface area contributed by atoms with Crippen molar-refractivity contribution in [1.82, 2.24) is 16.0 Å². The molecule has 170 valence electrons. The Morgan fingerprint density at radius 3 is 2.26 bits per heavy atom. The smallest absolute Gasteiger partial charge is 0.191 e. The first kappa shape index (κ1) is 24.9. The van der Waals surface area contributed by atoms with Crippen LogP contribution in [0.15, 0.2) is 64.5 Å². The topological polar surface area (TPSA) is 82.6 Å². The van der Waals surface area contributed by atoms with Gasteiger partial charge in [0.05, 0.1) is 11.4 Å². The van der Waals surface area contributed by atoms with Crippen LogP contribution in [0.3, 0.4) is 0 Å². The second kappa shape index (κ2) is 11.3. The van der Waals surface area contributed by atoms with Crippen LogP contribution in [0.4, 0.5) is 0 Å². The number of rotatable bonds is 10. The third-order valence-corrected chi connectivity index (χ3v) is 6.07. The van der Waals surface area contributed by atoms with E-state index in [4.69, 9.17) is 4.99 Å². The summed E-state index contributed by atoms with van der Waals surface area (Å²) in [6.45, 7) is 10.6. The molecule has 6 nitrogen and oxygen atoms in total. The van der Waals surface area contributed by atoms with Gasteiger partial charge < -0.3 is 16.0 Å². The standard InChI is InChI=1S/C24H36N4O2S/c1-6-25-23(26-17-16-20-12-14-22(15-13-20)31(5,29)30)27-18-24(3,4)28-19(2)21-10-8-7-9-11-21/h7-15,19,28H,6,16-18H2,1-5H3,(H2,25,26,27). The average molecular weight is 445 g/mol. The van der Waals surface area contributed by atoms with E-state index in [2.05, 4.69) is 61.0 Å². The quantitative estimate of drug-likeness (QED) is 0.387. The molecule has 0 aliphatic carbocycles. The summed E-state index contributed by atoms with van der Waals surface area (Å²) >= 11 is 0. The molecule has 0 spiro atoms. The summed E-state index contributed by atoms with van der Waals surface area (Å²) in [6.07, 6.45) is 2.00. The monoisotopic (exact) mass is 444 g/mol. The van der Waals surface area contributed by atoms with Gasteiger partial charge in [0.25, 0.3) is 0 Å². The zero-order valence-electron chi connectivity index (χ0n) is 19.3. The van der Waals surface area contributed by atoms with E-state index in [0.717, 1.165) is 24.5 Å². The van der Waals surface area contributed by atoms with E-state index < -0.39 is 9.84 Å². The number of guanidine groups is 1. The summed E-state index contributed by atoms with van der Waals surface area (Å²) in [5.41, 5.74) is 2.17. The van der Waals surface area contributed by atoms with Gasteiger partial charge in [-0.3, -0.25) is 4.99 Å². The maximum absolute atomic E-state index is 11.6. The Hall–Kier alpha value is -2.38. The minimum Gasteiger partial charge on any atom is -0.357 e. The van der Waals surface area contributed by atoms with E-state index in [-0.39, 0.29) is 11.6 Å². The molecule has 0 saturated carbocycles. The van der Waals surface area contributed by atoms with Crippen LogP contribution >= 0.6 is 0 Å². The third kappa shape index (κ3) is 8.71. The van der Waals surface area contributed by atoms with Gasteiger partial charge in [-0.15, -0.1) is 0 Å². The van der Waals surface area contributed by atoms with Crippen molar-refractivity contribution in [2.45, 2.75) is 50.6 Å². The van der Waals surface area contributed by atoms with E-state index in [1.807, 2.05) is 25.1 Å². The highest BCUT2D eigenvalue weighted by Gasteiger charge is 2.20. The van der Waals surface area contributed by atoms with Crippen LogP contribution in [0.25, 0.3) is 0 Å². The zero-order valence-corrected chi connectivity index (χ0v) is 20.1. The molecule has 0 bridgehead atoms. The van der Waals surface area contributed by atoms with E-state index in [0.29, 0.717) is 18.0 Å². The molecular weight excluding hydrogens is 408 g/mol. The summed E-state index contributed by atoms with van der Waals surface area (Å²) in [7, 11) is -3.16. The lowest BCUT2D eigenvalue weighted by atomic mass is 10.0. The number of nitrogens with one attached hydrogen (secondary N) is 3. The van der Waals surface area contributed by atoms with Crippen molar-refractivity contribution in [3.63, 3.8) is 0 Å². The Bertz CT molecular complexity index is 939. The van der Waals surface area contributed by atoms with Gasteiger partial charge in [-0.2, -0.15) is 0 Å². The Balaban J connectivity index is 1.90. The van der Waals surface area contributed by atoms with Crippen molar-refractivity contribution in [1.29, 1.82) is 0 Å². The van der Waals surface area contributed by atoms with Crippen LogP contribution in [0, 0.1) is 0 Å². The molecule has 2 aromatic rings. The Kier molecular flexibility index (Phi) is 9.07. The van der Waals surface area contributed by atoms with E-state index in [1.165, 1.54) is 11.8 Å². The minimum atomic E-state index is -3.16.